The lowest BCUT2D eigenvalue weighted by Crippen LogP contribution is -2.30. The van der Waals surface area contributed by atoms with Crippen LogP contribution in [0.3, 0.4) is 0 Å². The number of carbonyl (C=O) groups excluding carboxylic acids is 2. The summed E-state index contributed by atoms with van der Waals surface area (Å²) in [7, 11) is 0. The van der Waals surface area contributed by atoms with Crippen LogP contribution >= 0.6 is 0 Å². The summed E-state index contributed by atoms with van der Waals surface area (Å²) in [5.41, 5.74) is 1.94. The SMILES string of the molecule is O=C1c2ccccc2C(=O)N1CCC#CC1=CCC=CC=C1. The monoisotopic (exact) mass is 289 g/mol. The maximum atomic E-state index is 12.2. The van der Waals surface area contributed by atoms with Gasteiger partial charge in [0.15, 0.2) is 0 Å². The fourth-order valence-corrected chi connectivity index (χ4v) is 2.45. The topological polar surface area (TPSA) is 37.4 Å². The summed E-state index contributed by atoms with van der Waals surface area (Å²) in [6.45, 7) is 0.328. The average molecular weight is 289 g/mol. The number of hydrogen-bond acceptors (Lipinski definition) is 2. The maximum Gasteiger partial charge on any atom is 0.261 e. The fourth-order valence-electron chi connectivity index (χ4n) is 2.45. The van der Waals surface area contributed by atoms with E-state index in [1.807, 2.05) is 18.2 Å². The van der Waals surface area contributed by atoms with Crippen LogP contribution in [0.1, 0.15) is 33.6 Å². The molecule has 22 heavy (non-hydrogen) atoms. The Kier molecular flexibility index (Phi) is 4.02. The van der Waals surface area contributed by atoms with Crippen molar-refractivity contribution in [1.82, 2.24) is 4.90 Å². The van der Waals surface area contributed by atoms with Crippen molar-refractivity contribution in [3.63, 3.8) is 0 Å². The predicted molar refractivity (Wildman–Crippen MR) is 85.2 cm³/mol. The van der Waals surface area contributed by atoms with Gasteiger partial charge in [0.1, 0.15) is 0 Å². The minimum atomic E-state index is -0.222. The average Bonchev–Trinajstić information content (AvgIpc) is 2.74. The first-order chi connectivity index (χ1) is 10.8. The lowest BCUT2D eigenvalue weighted by molar-refractivity contribution is 0.0658. The van der Waals surface area contributed by atoms with E-state index < -0.39 is 0 Å². The molecule has 0 atom stereocenters. The molecule has 1 heterocycles. The number of allylic oxidation sites excluding steroid dienone is 6. The van der Waals surface area contributed by atoms with Crippen LogP contribution in [0, 0.1) is 11.8 Å². The van der Waals surface area contributed by atoms with Crippen molar-refractivity contribution in [2.24, 2.45) is 0 Å². The molecule has 0 bridgehead atoms. The van der Waals surface area contributed by atoms with Gasteiger partial charge in [0.05, 0.1) is 11.1 Å². The number of rotatable bonds is 2. The Morgan fingerprint density at radius 3 is 2.50 bits per heavy atom. The highest BCUT2D eigenvalue weighted by molar-refractivity contribution is 6.21. The van der Waals surface area contributed by atoms with E-state index in [2.05, 4.69) is 24.0 Å². The van der Waals surface area contributed by atoms with Gasteiger partial charge in [-0.25, -0.2) is 0 Å². The Bertz CT molecular complexity index is 737. The predicted octanol–water partition coefficient (Wildman–Crippen LogP) is 3.12. The molecule has 3 heteroatoms. The molecule has 0 saturated carbocycles. The molecule has 2 aliphatic rings. The lowest BCUT2D eigenvalue weighted by Gasteiger charge is -2.11. The molecular weight excluding hydrogens is 274 g/mol. The molecular formula is C19H15NO2. The number of imide groups is 1. The van der Waals surface area contributed by atoms with Crippen molar-refractivity contribution in [2.45, 2.75) is 12.8 Å². The molecule has 0 spiro atoms. The van der Waals surface area contributed by atoms with Gasteiger partial charge in [-0.2, -0.15) is 0 Å². The van der Waals surface area contributed by atoms with Crippen molar-refractivity contribution < 1.29 is 9.59 Å². The van der Waals surface area contributed by atoms with Gasteiger partial charge in [0, 0.05) is 18.5 Å². The number of nitrogens with zero attached hydrogens (tertiary/aromatic N) is 1. The standard InChI is InChI=1S/C19H15NO2/c21-18-16-12-5-6-13-17(16)19(22)20(18)14-8-7-11-15-9-3-1-2-4-10-15/h1-3,5-6,9-10,12-13H,4,8,14H2. The summed E-state index contributed by atoms with van der Waals surface area (Å²) in [6.07, 6.45) is 11.4. The third-order valence-electron chi connectivity index (χ3n) is 3.57. The van der Waals surface area contributed by atoms with Gasteiger partial charge in [0.2, 0.25) is 0 Å². The van der Waals surface area contributed by atoms with Crippen LogP contribution in [0.15, 0.2) is 60.2 Å². The van der Waals surface area contributed by atoms with Gasteiger partial charge in [0.25, 0.3) is 11.8 Å². The molecule has 0 N–H and O–H groups in total. The van der Waals surface area contributed by atoms with E-state index in [1.54, 1.807) is 24.3 Å². The van der Waals surface area contributed by atoms with E-state index >= 15 is 0 Å². The molecule has 1 aliphatic carbocycles. The quantitative estimate of drug-likeness (QED) is 0.619. The molecule has 3 nitrogen and oxygen atoms in total. The van der Waals surface area contributed by atoms with Gasteiger partial charge in [-0.3, -0.25) is 14.5 Å². The van der Waals surface area contributed by atoms with Crippen molar-refractivity contribution >= 4 is 11.8 Å². The second-order valence-corrected chi connectivity index (χ2v) is 5.04. The Morgan fingerprint density at radius 2 is 1.77 bits per heavy atom. The zero-order chi connectivity index (χ0) is 15.4. The zero-order valence-electron chi connectivity index (χ0n) is 12.1. The molecule has 1 aliphatic heterocycles. The largest absolute Gasteiger partial charge is 0.273 e. The first-order valence-electron chi connectivity index (χ1n) is 7.25. The third-order valence-corrected chi connectivity index (χ3v) is 3.57. The lowest BCUT2D eigenvalue weighted by atomic mass is 10.1. The van der Waals surface area contributed by atoms with Crippen molar-refractivity contribution in [3.05, 3.63) is 71.3 Å². The summed E-state index contributed by atoms with van der Waals surface area (Å²) in [6, 6.07) is 6.92. The Morgan fingerprint density at radius 1 is 1.05 bits per heavy atom. The molecule has 1 aromatic carbocycles. The number of fused-ring (bicyclic) bond motifs is 1. The van der Waals surface area contributed by atoms with Crippen LogP contribution in [-0.4, -0.2) is 23.3 Å². The first kappa shape index (κ1) is 14.1. The number of hydrogen-bond donors (Lipinski definition) is 0. The second kappa shape index (κ2) is 6.28. The van der Waals surface area contributed by atoms with Gasteiger partial charge in [-0.05, 0) is 24.6 Å². The van der Waals surface area contributed by atoms with Gasteiger partial charge >= 0.3 is 0 Å². The maximum absolute atomic E-state index is 12.2. The Balaban J connectivity index is 1.63. The second-order valence-electron chi connectivity index (χ2n) is 5.04. The van der Waals surface area contributed by atoms with E-state index in [1.165, 1.54) is 4.90 Å². The number of amides is 2. The smallest absolute Gasteiger partial charge is 0.261 e. The number of carbonyl (C=O) groups is 2. The molecule has 0 fully saturated rings. The highest BCUT2D eigenvalue weighted by Gasteiger charge is 2.34. The van der Waals surface area contributed by atoms with Crippen molar-refractivity contribution in [1.29, 1.82) is 0 Å². The summed E-state index contributed by atoms with van der Waals surface area (Å²) in [4.78, 5) is 25.6. The van der Waals surface area contributed by atoms with E-state index in [-0.39, 0.29) is 11.8 Å². The highest BCUT2D eigenvalue weighted by Crippen LogP contribution is 2.22. The van der Waals surface area contributed by atoms with Crippen molar-refractivity contribution in [2.75, 3.05) is 6.54 Å². The zero-order valence-corrected chi connectivity index (χ0v) is 12.1. The molecule has 3 rings (SSSR count). The number of benzene rings is 1. The minimum absolute atomic E-state index is 0.222. The highest BCUT2D eigenvalue weighted by atomic mass is 16.2. The van der Waals surface area contributed by atoms with Crippen LogP contribution in [0.4, 0.5) is 0 Å². The fraction of sp³-hybridized carbons (Fsp3) is 0.158. The summed E-state index contributed by atoms with van der Waals surface area (Å²) >= 11 is 0. The minimum Gasteiger partial charge on any atom is -0.273 e. The molecule has 1 aromatic rings. The molecule has 2 amide bonds. The van der Waals surface area contributed by atoms with Crippen LogP contribution in [0.5, 0.6) is 0 Å². The van der Waals surface area contributed by atoms with Crippen molar-refractivity contribution in [3.8, 4) is 11.8 Å². The summed E-state index contributed by atoms with van der Waals surface area (Å²) < 4.78 is 0. The molecule has 0 unspecified atom stereocenters. The first-order valence-corrected chi connectivity index (χ1v) is 7.25. The van der Waals surface area contributed by atoms with Gasteiger partial charge < -0.3 is 0 Å². The third kappa shape index (κ3) is 2.77. The normalized spacial score (nSPS) is 16.0. The summed E-state index contributed by atoms with van der Waals surface area (Å²) in [5, 5.41) is 0. The molecule has 0 radical (unpaired) electrons. The Hall–Kier alpha value is -2.86. The Labute approximate surface area is 129 Å². The van der Waals surface area contributed by atoms with E-state index in [9.17, 15) is 9.59 Å². The summed E-state index contributed by atoms with van der Waals surface area (Å²) in [5.74, 6) is 5.66. The van der Waals surface area contributed by atoms with E-state index in [0.717, 1.165) is 12.0 Å². The van der Waals surface area contributed by atoms with Gasteiger partial charge in [-0.1, -0.05) is 48.3 Å². The molecule has 0 aromatic heterocycles. The van der Waals surface area contributed by atoms with Crippen LogP contribution < -0.4 is 0 Å². The molecule has 108 valence electrons. The van der Waals surface area contributed by atoms with Gasteiger partial charge in [-0.15, -0.1) is 0 Å². The molecule has 0 saturated heterocycles. The van der Waals surface area contributed by atoms with Crippen LogP contribution in [0.2, 0.25) is 0 Å². The van der Waals surface area contributed by atoms with Crippen LogP contribution in [0.25, 0.3) is 0 Å². The van der Waals surface area contributed by atoms with Crippen LogP contribution in [-0.2, 0) is 0 Å². The van der Waals surface area contributed by atoms with E-state index in [4.69, 9.17) is 0 Å². The van der Waals surface area contributed by atoms with E-state index in [0.29, 0.717) is 24.1 Å².